The summed E-state index contributed by atoms with van der Waals surface area (Å²) in [5.41, 5.74) is 1.26. The zero-order valence-corrected chi connectivity index (χ0v) is 13.8. The Morgan fingerprint density at radius 1 is 1.04 bits per heavy atom. The summed E-state index contributed by atoms with van der Waals surface area (Å²) in [5, 5.41) is 15.1. The Kier molecular flexibility index (Phi) is 3.68. The minimum atomic E-state index is -0.305. The Hall–Kier alpha value is -3.22. The zero-order chi connectivity index (χ0) is 17.3. The molecule has 2 aromatic carbocycles. The van der Waals surface area contributed by atoms with Crippen LogP contribution in [-0.4, -0.2) is 44.7 Å². The second kappa shape index (κ2) is 6.01. The molecule has 4 rings (SSSR count). The lowest BCUT2D eigenvalue weighted by atomic mass is 9.92. The van der Waals surface area contributed by atoms with E-state index in [4.69, 9.17) is 0 Å². The number of amides is 1. The van der Waals surface area contributed by atoms with Crippen LogP contribution in [0.1, 0.15) is 17.3 Å². The van der Waals surface area contributed by atoms with Crippen molar-refractivity contribution in [3.05, 3.63) is 66.2 Å². The lowest BCUT2D eigenvalue weighted by Crippen LogP contribution is -2.69. The number of para-hydroxylation sites is 1. The third-order valence-electron chi connectivity index (χ3n) is 4.27. The Bertz CT molecular complexity index is 871. The number of tetrazole rings is 1. The number of anilines is 1. The van der Waals surface area contributed by atoms with Gasteiger partial charge in [-0.25, -0.2) is 0 Å². The largest absolute Gasteiger partial charge is 0.343 e. The minimum absolute atomic E-state index is 0.0644. The predicted octanol–water partition coefficient (Wildman–Crippen LogP) is 1.67. The number of hydrogen-bond donors (Lipinski definition) is 1. The fourth-order valence-corrected chi connectivity index (χ4v) is 3.07. The fraction of sp³-hybridized carbons (Fsp3) is 0.222. The second-order valence-corrected chi connectivity index (χ2v) is 6.46. The van der Waals surface area contributed by atoms with E-state index in [0.717, 1.165) is 5.69 Å². The van der Waals surface area contributed by atoms with Crippen molar-refractivity contribution in [2.45, 2.75) is 12.5 Å². The maximum atomic E-state index is 12.4. The molecule has 7 heteroatoms. The number of nitrogens with zero attached hydrogens (tertiary/aromatic N) is 5. The molecule has 7 nitrogen and oxygen atoms in total. The van der Waals surface area contributed by atoms with Gasteiger partial charge in [0.05, 0.1) is 11.2 Å². The Balaban J connectivity index is 1.46. The summed E-state index contributed by atoms with van der Waals surface area (Å²) in [6, 6.07) is 19.0. The van der Waals surface area contributed by atoms with Crippen LogP contribution in [0.15, 0.2) is 60.7 Å². The molecule has 1 fully saturated rings. The molecule has 0 spiro atoms. The van der Waals surface area contributed by atoms with Crippen molar-refractivity contribution in [2.24, 2.45) is 0 Å². The first-order chi connectivity index (χ1) is 12.1. The van der Waals surface area contributed by atoms with E-state index < -0.39 is 0 Å². The van der Waals surface area contributed by atoms with E-state index in [0.29, 0.717) is 24.6 Å². The monoisotopic (exact) mass is 334 g/mol. The third-order valence-corrected chi connectivity index (χ3v) is 4.27. The van der Waals surface area contributed by atoms with Crippen LogP contribution in [0.2, 0.25) is 0 Å². The molecule has 1 saturated heterocycles. The molecule has 0 bridgehead atoms. The van der Waals surface area contributed by atoms with Crippen molar-refractivity contribution in [3.63, 3.8) is 0 Å². The average molecular weight is 334 g/mol. The number of rotatable bonds is 4. The molecule has 126 valence electrons. The topological polar surface area (TPSA) is 75.9 Å². The van der Waals surface area contributed by atoms with Gasteiger partial charge in [0.1, 0.15) is 0 Å². The van der Waals surface area contributed by atoms with Crippen molar-refractivity contribution in [1.82, 2.24) is 25.5 Å². The fourth-order valence-electron chi connectivity index (χ4n) is 3.07. The van der Waals surface area contributed by atoms with E-state index in [1.54, 1.807) is 4.68 Å². The first-order valence-electron chi connectivity index (χ1n) is 8.11. The van der Waals surface area contributed by atoms with E-state index in [1.807, 2.05) is 67.6 Å². The molecule has 3 aromatic rings. The lowest BCUT2D eigenvalue weighted by Gasteiger charge is -2.48. The van der Waals surface area contributed by atoms with E-state index in [1.165, 1.54) is 0 Å². The normalized spacial score (nSPS) is 15.5. The number of hydrogen-bond acceptors (Lipinski definition) is 5. The van der Waals surface area contributed by atoms with Crippen LogP contribution < -0.4 is 10.2 Å². The van der Waals surface area contributed by atoms with Crippen molar-refractivity contribution in [1.29, 1.82) is 0 Å². The van der Waals surface area contributed by atoms with Crippen LogP contribution in [0.4, 0.5) is 5.95 Å². The Morgan fingerprint density at radius 2 is 1.68 bits per heavy atom. The van der Waals surface area contributed by atoms with Gasteiger partial charge in [0.25, 0.3) is 11.9 Å². The lowest BCUT2D eigenvalue weighted by molar-refractivity contribution is 0.0888. The van der Waals surface area contributed by atoms with Gasteiger partial charge in [-0.15, -0.1) is 0 Å². The molecule has 0 atom stereocenters. The van der Waals surface area contributed by atoms with Crippen LogP contribution in [0, 0.1) is 0 Å². The highest BCUT2D eigenvalue weighted by Gasteiger charge is 2.42. The molecule has 1 aliphatic heterocycles. The summed E-state index contributed by atoms with van der Waals surface area (Å²) < 4.78 is 1.71. The van der Waals surface area contributed by atoms with Gasteiger partial charge in [0, 0.05) is 18.7 Å². The van der Waals surface area contributed by atoms with Gasteiger partial charge in [0.2, 0.25) is 0 Å². The summed E-state index contributed by atoms with van der Waals surface area (Å²) in [6.45, 7) is 3.33. The Labute approximate surface area is 145 Å². The smallest absolute Gasteiger partial charge is 0.251 e. The van der Waals surface area contributed by atoms with Gasteiger partial charge < -0.3 is 10.2 Å². The van der Waals surface area contributed by atoms with E-state index >= 15 is 0 Å². The van der Waals surface area contributed by atoms with Gasteiger partial charge in [0.15, 0.2) is 0 Å². The van der Waals surface area contributed by atoms with Crippen LogP contribution in [0.25, 0.3) is 5.69 Å². The highest BCUT2D eigenvalue weighted by molar-refractivity contribution is 5.94. The summed E-state index contributed by atoms with van der Waals surface area (Å²) >= 11 is 0. The van der Waals surface area contributed by atoms with Crippen molar-refractivity contribution < 1.29 is 4.79 Å². The molecule has 1 amide bonds. The molecule has 2 heterocycles. The molecule has 1 N–H and O–H groups in total. The molecule has 1 aliphatic rings. The van der Waals surface area contributed by atoms with E-state index in [9.17, 15) is 4.79 Å². The predicted molar refractivity (Wildman–Crippen MR) is 93.7 cm³/mol. The van der Waals surface area contributed by atoms with Crippen LogP contribution in [0.3, 0.4) is 0 Å². The summed E-state index contributed by atoms with van der Waals surface area (Å²) in [5.74, 6) is 0.614. The summed E-state index contributed by atoms with van der Waals surface area (Å²) in [7, 11) is 0. The number of aromatic nitrogens is 4. The number of benzene rings is 2. The maximum Gasteiger partial charge on any atom is 0.251 e. The van der Waals surface area contributed by atoms with Crippen LogP contribution >= 0.6 is 0 Å². The van der Waals surface area contributed by atoms with Crippen molar-refractivity contribution in [2.75, 3.05) is 18.0 Å². The standard InChI is InChI=1S/C18H18N6O/c1-18(19-16(25)14-8-4-2-5-9-14)12-23(13-18)17-20-21-22-24(17)15-10-6-3-7-11-15/h2-11H,12-13H2,1H3,(H,19,25). The number of carbonyl (C=O) groups excluding carboxylic acids is 1. The summed E-state index contributed by atoms with van der Waals surface area (Å²) in [6.07, 6.45) is 0. The quantitative estimate of drug-likeness (QED) is 0.785. The molecule has 0 unspecified atom stereocenters. The van der Waals surface area contributed by atoms with Crippen LogP contribution in [-0.2, 0) is 0 Å². The molecule has 1 aromatic heterocycles. The molecule has 0 aliphatic carbocycles. The zero-order valence-electron chi connectivity index (χ0n) is 13.8. The van der Waals surface area contributed by atoms with Crippen molar-refractivity contribution in [3.8, 4) is 5.69 Å². The molecular formula is C18H18N6O. The van der Waals surface area contributed by atoms with Crippen molar-refractivity contribution >= 4 is 11.9 Å². The number of nitrogens with one attached hydrogen (secondary N) is 1. The number of carbonyl (C=O) groups is 1. The van der Waals surface area contributed by atoms with Gasteiger partial charge >= 0.3 is 0 Å². The average Bonchev–Trinajstić information content (AvgIpc) is 3.10. The van der Waals surface area contributed by atoms with Gasteiger partial charge in [-0.1, -0.05) is 41.5 Å². The van der Waals surface area contributed by atoms with Gasteiger partial charge in [-0.05, 0) is 41.6 Å². The molecule has 0 saturated carbocycles. The third kappa shape index (κ3) is 2.96. The van der Waals surface area contributed by atoms with Gasteiger partial charge in [-0.2, -0.15) is 4.68 Å². The first-order valence-corrected chi connectivity index (χ1v) is 8.11. The first kappa shape index (κ1) is 15.3. The van der Waals surface area contributed by atoms with Gasteiger partial charge in [-0.3, -0.25) is 4.79 Å². The van der Waals surface area contributed by atoms with E-state index in [-0.39, 0.29) is 11.4 Å². The molecular weight excluding hydrogens is 316 g/mol. The second-order valence-electron chi connectivity index (χ2n) is 6.46. The highest BCUT2D eigenvalue weighted by Crippen LogP contribution is 2.27. The molecule has 25 heavy (non-hydrogen) atoms. The van der Waals surface area contributed by atoms with Crippen LogP contribution in [0.5, 0.6) is 0 Å². The Morgan fingerprint density at radius 3 is 2.36 bits per heavy atom. The highest BCUT2D eigenvalue weighted by atomic mass is 16.1. The molecule has 0 radical (unpaired) electrons. The minimum Gasteiger partial charge on any atom is -0.343 e. The maximum absolute atomic E-state index is 12.4. The SMILES string of the molecule is CC1(NC(=O)c2ccccc2)CN(c2nnnn2-c2ccccc2)C1. The van der Waals surface area contributed by atoms with E-state index in [2.05, 4.69) is 25.7 Å². The summed E-state index contributed by atoms with van der Waals surface area (Å²) in [4.78, 5) is 14.4.